The van der Waals surface area contributed by atoms with Gasteiger partial charge in [0.05, 0.1) is 0 Å². The minimum absolute atomic E-state index is 0.00562. The SMILES string of the molecule is CCC1CCCN(C(=O)c2cccc(OCC(=O)O)c2)C1. The number of carbonyl (C=O) groups excluding carboxylic acids is 1. The molecule has 0 aliphatic carbocycles. The lowest BCUT2D eigenvalue weighted by atomic mass is 9.95. The monoisotopic (exact) mass is 291 g/mol. The Hall–Kier alpha value is -2.04. The predicted molar refractivity (Wildman–Crippen MR) is 78.5 cm³/mol. The van der Waals surface area contributed by atoms with E-state index in [2.05, 4.69) is 6.92 Å². The fourth-order valence-corrected chi connectivity index (χ4v) is 2.63. The van der Waals surface area contributed by atoms with Gasteiger partial charge in [-0.15, -0.1) is 0 Å². The van der Waals surface area contributed by atoms with Crippen LogP contribution < -0.4 is 4.74 Å². The van der Waals surface area contributed by atoms with Crippen LogP contribution in [0.2, 0.25) is 0 Å². The van der Waals surface area contributed by atoms with Crippen LogP contribution in [0.1, 0.15) is 36.5 Å². The number of piperidine rings is 1. The molecule has 5 heteroatoms. The summed E-state index contributed by atoms with van der Waals surface area (Å²) in [6.45, 7) is 3.34. The minimum atomic E-state index is -1.03. The Labute approximate surface area is 124 Å². The molecule has 0 radical (unpaired) electrons. The van der Waals surface area contributed by atoms with Crippen molar-refractivity contribution in [3.63, 3.8) is 0 Å². The van der Waals surface area contributed by atoms with Gasteiger partial charge in [0.15, 0.2) is 6.61 Å². The maximum atomic E-state index is 12.5. The molecule has 1 saturated heterocycles. The third-order valence-electron chi connectivity index (χ3n) is 3.83. The second-order valence-corrected chi connectivity index (χ2v) is 5.38. The fraction of sp³-hybridized carbons (Fsp3) is 0.500. The molecule has 21 heavy (non-hydrogen) atoms. The first-order valence-electron chi connectivity index (χ1n) is 7.34. The third kappa shape index (κ3) is 4.21. The van der Waals surface area contributed by atoms with E-state index in [-0.39, 0.29) is 5.91 Å². The highest BCUT2D eigenvalue weighted by Crippen LogP contribution is 2.22. The smallest absolute Gasteiger partial charge is 0.341 e. The first kappa shape index (κ1) is 15.4. The fourth-order valence-electron chi connectivity index (χ4n) is 2.63. The molecule has 114 valence electrons. The second-order valence-electron chi connectivity index (χ2n) is 5.38. The molecule has 1 N–H and O–H groups in total. The second kappa shape index (κ2) is 7.11. The number of nitrogens with zero attached hydrogens (tertiary/aromatic N) is 1. The van der Waals surface area contributed by atoms with Crippen LogP contribution in [0.25, 0.3) is 0 Å². The molecule has 1 aromatic rings. The Bertz CT molecular complexity index is 515. The third-order valence-corrected chi connectivity index (χ3v) is 3.83. The van der Waals surface area contributed by atoms with Crippen molar-refractivity contribution in [2.45, 2.75) is 26.2 Å². The lowest BCUT2D eigenvalue weighted by Crippen LogP contribution is -2.39. The van der Waals surface area contributed by atoms with Gasteiger partial charge in [0.1, 0.15) is 5.75 Å². The zero-order valence-corrected chi connectivity index (χ0v) is 12.2. The number of likely N-dealkylation sites (tertiary alicyclic amines) is 1. The van der Waals surface area contributed by atoms with Gasteiger partial charge in [-0.1, -0.05) is 19.4 Å². The van der Waals surface area contributed by atoms with Gasteiger partial charge in [0, 0.05) is 18.7 Å². The van der Waals surface area contributed by atoms with E-state index in [9.17, 15) is 9.59 Å². The summed E-state index contributed by atoms with van der Waals surface area (Å²) in [4.78, 5) is 24.9. The predicted octanol–water partition coefficient (Wildman–Crippen LogP) is 2.41. The van der Waals surface area contributed by atoms with E-state index in [1.165, 1.54) is 6.42 Å². The summed E-state index contributed by atoms with van der Waals surface area (Å²) in [5.41, 5.74) is 0.551. The van der Waals surface area contributed by atoms with Gasteiger partial charge in [-0.05, 0) is 37.0 Å². The van der Waals surface area contributed by atoms with Gasteiger partial charge in [0.2, 0.25) is 0 Å². The van der Waals surface area contributed by atoms with Crippen molar-refractivity contribution in [2.24, 2.45) is 5.92 Å². The van der Waals surface area contributed by atoms with Crippen molar-refractivity contribution in [2.75, 3.05) is 19.7 Å². The van der Waals surface area contributed by atoms with Gasteiger partial charge in [-0.3, -0.25) is 4.79 Å². The standard InChI is InChI=1S/C16H21NO4/c1-2-12-5-4-8-17(10-12)16(20)13-6-3-7-14(9-13)21-11-15(18)19/h3,6-7,9,12H,2,4-5,8,10-11H2,1H3,(H,18,19). The van der Waals surface area contributed by atoms with Crippen LogP contribution in [0.5, 0.6) is 5.75 Å². The lowest BCUT2D eigenvalue weighted by Gasteiger charge is -2.32. The highest BCUT2D eigenvalue weighted by Gasteiger charge is 2.23. The van der Waals surface area contributed by atoms with Crippen molar-refractivity contribution in [1.29, 1.82) is 0 Å². The maximum Gasteiger partial charge on any atom is 0.341 e. The van der Waals surface area contributed by atoms with Crippen LogP contribution in [0, 0.1) is 5.92 Å². The van der Waals surface area contributed by atoms with E-state index in [4.69, 9.17) is 9.84 Å². The van der Waals surface area contributed by atoms with E-state index in [1.54, 1.807) is 24.3 Å². The molecule has 1 heterocycles. The molecule has 1 fully saturated rings. The van der Waals surface area contributed by atoms with E-state index in [1.807, 2.05) is 4.90 Å². The molecule has 1 aliphatic heterocycles. The average Bonchev–Trinajstić information content (AvgIpc) is 2.52. The lowest BCUT2D eigenvalue weighted by molar-refractivity contribution is -0.139. The molecular formula is C16H21NO4. The summed E-state index contributed by atoms with van der Waals surface area (Å²) in [7, 11) is 0. The van der Waals surface area contributed by atoms with Crippen LogP contribution in [-0.4, -0.2) is 41.6 Å². The van der Waals surface area contributed by atoms with Crippen LogP contribution in [-0.2, 0) is 4.79 Å². The Kier molecular flexibility index (Phi) is 5.20. The van der Waals surface area contributed by atoms with Crippen molar-refractivity contribution in [1.82, 2.24) is 4.90 Å². The number of aliphatic carboxylic acids is 1. The largest absolute Gasteiger partial charge is 0.482 e. The summed E-state index contributed by atoms with van der Waals surface area (Å²) in [5, 5.41) is 8.61. The Balaban J connectivity index is 2.04. The van der Waals surface area contributed by atoms with Crippen LogP contribution in [0.15, 0.2) is 24.3 Å². The quantitative estimate of drug-likeness (QED) is 0.904. The Morgan fingerprint density at radius 1 is 1.43 bits per heavy atom. The number of amides is 1. The molecule has 1 atom stereocenters. The number of carbonyl (C=O) groups is 2. The summed E-state index contributed by atoms with van der Waals surface area (Å²) >= 11 is 0. The first-order valence-corrected chi connectivity index (χ1v) is 7.34. The van der Waals surface area contributed by atoms with E-state index >= 15 is 0 Å². The average molecular weight is 291 g/mol. The highest BCUT2D eigenvalue weighted by atomic mass is 16.5. The number of benzene rings is 1. The number of hydrogen-bond acceptors (Lipinski definition) is 3. The molecule has 1 amide bonds. The van der Waals surface area contributed by atoms with Gasteiger partial charge in [-0.2, -0.15) is 0 Å². The Morgan fingerprint density at radius 2 is 2.24 bits per heavy atom. The van der Waals surface area contributed by atoms with E-state index < -0.39 is 12.6 Å². The van der Waals surface area contributed by atoms with Crippen LogP contribution in [0.4, 0.5) is 0 Å². The number of rotatable bonds is 5. The molecule has 5 nitrogen and oxygen atoms in total. The van der Waals surface area contributed by atoms with Gasteiger partial charge < -0.3 is 14.7 Å². The first-order chi connectivity index (χ1) is 10.1. The van der Waals surface area contributed by atoms with Crippen molar-refractivity contribution >= 4 is 11.9 Å². The van der Waals surface area contributed by atoms with Gasteiger partial charge >= 0.3 is 5.97 Å². The molecule has 1 aromatic carbocycles. The molecule has 1 aliphatic rings. The summed E-state index contributed by atoms with van der Waals surface area (Å²) in [6, 6.07) is 6.72. The summed E-state index contributed by atoms with van der Waals surface area (Å²) in [5.74, 6) is -0.0519. The summed E-state index contributed by atoms with van der Waals surface area (Å²) in [6.07, 6.45) is 3.31. The molecular weight excluding hydrogens is 270 g/mol. The molecule has 1 unspecified atom stereocenters. The minimum Gasteiger partial charge on any atom is -0.482 e. The van der Waals surface area contributed by atoms with Crippen molar-refractivity contribution in [3.8, 4) is 5.75 Å². The maximum absolute atomic E-state index is 12.5. The molecule has 0 aromatic heterocycles. The van der Waals surface area contributed by atoms with Crippen molar-refractivity contribution in [3.05, 3.63) is 29.8 Å². The summed E-state index contributed by atoms with van der Waals surface area (Å²) < 4.78 is 5.12. The Morgan fingerprint density at radius 3 is 2.95 bits per heavy atom. The van der Waals surface area contributed by atoms with Crippen LogP contribution in [0.3, 0.4) is 0 Å². The van der Waals surface area contributed by atoms with Crippen LogP contribution >= 0.6 is 0 Å². The highest BCUT2D eigenvalue weighted by molar-refractivity contribution is 5.94. The van der Waals surface area contributed by atoms with E-state index in [0.29, 0.717) is 17.2 Å². The molecule has 2 rings (SSSR count). The number of ether oxygens (including phenoxy) is 1. The van der Waals surface area contributed by atoms with E-state index in [0.717, 1.165) is 25.9 Å². The normalized spacial score (nSPS) is 18.3. The number of carboxylic acids is 1. The van der Waals surface area contributed by atoms with Crippen molar-refractivity contribution < 1.29 is 19.4 Å². The van der Waals surface area contributed by atoms with Gasteiger partial charge in [0.25, 0.3) is 5.91 Å². The zero-order chi connectivity index (χ0) is 15.2. The van der Waals surface area contributed by atoms with Gasteiger partial charge in [-0.25, -0.2) is 4.79 Å². The molecule has 0 bridgehead atoms. The topological polar surface area (TPSA) is 66.8 Å². The zero-order valence-electron chi connectivity index (χ0n) is 12.2. The molecule has 0 saturated carbocycles. The molecule has 0 spiro atoms. The number of carboxylic acid groups (broad SMARTS) is 1. The number of hydrogen-bond donors (Lipinski definition) is 1.